The Morgan fingerprint density at radius 2 is 2.00 bits per heavy atom. The van der Waals surface area contributed by atoms with Crippen LogP contribution in [0.4, 0.5) is 18.9 Å². The van der Waals surface area contributed by atoms with Crippen molar-refractivity contribution in [2.24, 2.45) is 16.6 Å². The minimum absolute atomic E-state index is 0.0613. The largest absolute Gasteiger partial charge is 0.416 e. The summed E-state index contributed by atoms with van der Waals surface area (Å²) in [5.41, 5.74) is 6.23. The number of rotatable bonds is 3. The molecule has 1 aliphatic rings. The van der Waals surface area contributed by atoms with Crippen LogP contribution in [0.25, 0.3) is 0 Å². The zero-order valence-corrected chi connectivity index (χ0v) is 12.2. The monoisotopic (exact) mass is 309 g/mol. The number of guanidine groups is 1. The van der Waals surface area contributed by atoms with Gasteiger partial charge >= 0.3 is 6.18 Å². The molecule has 1 unspecified atom stereocenters. The highest BCUT2D eigenvalue weighted by Crippen LogP contribution is 2.30. The van der Waals surface area contributed by atoms with Gasteiger partial charge in [0.25, 0.3) is 0 Å². The first-order valence-corrected chi connectivity index (χ1v) is 6.92. The minimum atomic E-state index is -4.28. The number of hydrogen-bond donors (Lipinski definition) is 1. The molecule has 0 bridgehead atoms. The molecule has 118 valence electrons. The first-order valence-electron chi connectivity index (χ1n) is 6.92. The molecule has 0 radical (unpaired) electrons. The maximum atomic E-state index is 12.5. The second kappa shape index (κ2) is 6.68. The summed E-state index contributed by atoms with van der Waals surface area (Å²) in [6, 6.07) is 9.50. The van der Waals surface area contributed by atoms with Crippen molar-refractivity contribution in [2.75, 3.05) is 18.5 Å². The number of benzene rings is 1. The first-order chi connectivity index (χ1) is 10.4. The van der Waals surface area contributed by atoms with Crippen molar-refractivity contribution in [1.29, 1.82) is 0 Å². The van der Waals surface area contributed by atoms with Gasteiger partial charge in [0.15, 0.2) is 5.96 Å². The fourth-order valence-electron chi connectivity index (χ4n) is 2.11. The Morgan fingerprint density at radius 3 is 2.55 bits per heavy atom. The molecule has 2 N–H and O–H groups in total. The molecule has 0 aromatic heterocycles. The normalized spacial score (nSPS) is 19.0. The number of halogens is 3. The Bertz CT molecular complexity index is 588. The number of anilines is 1. The van der Waals surface area contributed by atoms with Crippen LogP contribution in [0, 0.1) is 5.92 Å². The molecule has 0 heterocycles. The van der Waals surface area contributed by atoms with E-state index in [0.717, 1.165) is 11.8 Å². The number of nitrogens with zero attached hydrogens (tertiary/aromatic N) is 2. The van der Waals surface area contributed by atoms with Crippen LogP contribution < -0.4 is 10.6 Å². The molecule has 0 amide bonds. The molecule has 0 fully saturated rings. The molecule has 6 heteroatoms. The number of para-hydroxylation sites is 1. The Hall–Kier alpha value is -2.24. The Labute approximate surface area is 127 Å². The summed E-state index contributed by atoms with van der Waals surface area (Å²) in [7, 11) is 1.80. The van der Waals surface area contributed by atoms with Gasteiger partial charge in [-0.05, 0) is 18.6 Å². The van der Waals surface area contributed by atoms with Gasteiger partial charge < -0.3 is 10.6 Å². The molecule has 1 atom stereocenters. The number of aliphatic imine (C=N–C) groups is 1. The molecule has 1 aliphatic carbocycles. The average molecular weight is 309 g/mol. The number of alkyl halides is 3. The molecule has 0 saturated carbocycles. The third kappa shape index (κ3) is 4.13. The summed E-state index contributed by atoms with van der Waals surface area (Å²) in [4.78, 5) is 6.01. The van der Waals surface area contributed by atoms with Gasteiger partial charge in [0, 0.05) is 25.2 Å². The van der Waals surface area contributed by atoms with Crippen LogP contribution in [0.3, 0.4) is 0 Å². The fraction of sp³-hybridized carbons (Fsp3) is 0.312. The van der Waals surface area contributed by atoms with Gasteiger partial charge in [0.1, 0.15) is 0 Å². The van der Waals surface area contributed by atoms with Crippen LogP contribution in [0.2, 0.25) is 0 Å². The van der Waals surface area contributed by atoms with E-state index < -0.39 is 11.7 Å². The third-order valence-electron chi connectivity index (χ3n) is 3.49. The van der Waals surface area contributed by atoms with Crippen molar-refractivity contribution in [3.05, 3.63) is 54.1 Å². The highest BCUT2D eigenvalue weighted by Gasteiger charge is 2.32. The second-order valence-electron chi connectivity index (χ2n) is 5.11. The second-order valence-corrected chi connectivity index (χ2v) is 5.11. The quantitative estimate of drug-likeness (QED) is 0.686. The number of nitrogens with two attached hydrogens (primary N) is 1. The van der Waals surface area contributed by atoms with E-state index in [4.69, 9.17) is 5.73 Å². The van der Waals surface area contributed by atoms with E-state index in [1.807, 2.05) is 30.3 Å². The maximum absolute atomic E-state index is 12.5. The zero-order chi connectivity index (χ0) is 16.2. The molecular formula is C16H18F3N3. The van der Waals surface area contributed by atoms with Gasteiger partial charge in [-0.1, -0.05) is 36.4 Å². The minimum Gasteiger partial charge on any atom is -0.370 e. The molecule has 3 nitrogen and oxygen atoms in total. The molecule has 1 aromatic rings. The van der Waals surface area contributed by atoms with Crippen LogP contribution in [0.1, 0.15) is 6.42 Å². The summed E-state index contributed by atoms with van der Waals surface area (Å²) < 4.78 is 37.5. The Kier molecular flexibility index (Phi) is 4.90. The van der Waals surface area contributed by atoms with E-state index in [9.17, 15) is 13.2 Å². The van der Waals surface area contributed by atoms with Crippen molar-refractivity contribution < 1.29 is 13.2 Å². The van der Waals surface area contributed by atoms with Crippen molar-refractivity contribution in [2.45, 2.75) is 12.6 Å². The Balaban J connectivity index is 1.93. The summed E-state index contributed by atoms with van der Waals surface area (Å²) >= 11 is 0. The van der Waals surface area contributed by atoms with Crippen LogP contribution in [0.15, 0.2) is 59.1 Å². The molecule has 1 aromatic carbocycles. The standard InChI is InChI=1S/C16H18F3N3/c1-22(14-5-3-2-4-6-14)15(20)21-11-12-7-9-13(10-8-12)16(17,18)19/h2-7,9-10,12H,8,11H2,1H3,(H2,20,21). The molecule has 0 spiro atoms. The third-order valence-corrected chi connectivity index (χ3v) is 3.49. The van der Waals surface area contributed by atoms with E-state index >= 15 is 0 Å². The predicted molar refractivity (Wildman–Crippen MR) is 82.7 cm³/mol. The molecule has 2 rings (SSSR count). The average Bonchev–Trinajstić information content (AvgIpc) is 2.52. The predicted octanol–water partition coefficient (Wildman–Crippen LogP) is 3.50. The smallest absolute Gasteiger partial charge is 0.370 e. The highest BCUT2D eigenvalue weighted by atomic mass is 19.4. The van der Waals surface area contributed by atoms with Gasteiger partial charge in [-0.25, -0.2) is 0 Å². The van der Waals surface area contributed by atoms with Crippen molar-refractivity contribution >= 4 is 11.6 Å². The number of hydrogen-bond acceptors (Lipinski definition) is 1. The lowest BCUT2D eigenvalue weighted by molar-refractivity contribution is -0.0887. The molecular weight excluding hydrogens is 291 g/mol. The summed E-state index contributed by atoms with van der Waals surface area (Å²) in [5, 5.41) is 0. The summed E-state index contributed by atoms with van der Waals surface area (Å²) in [6.07, 6.45) is -0.103. The van der Waals surface area contributed by atoms with Gasteiger partial charge in [0.05, 0.1) is 5.57 Å². The van der Waals surface area contributed by atoms with E-state index in [0.29, 0.717) is 18.9 Å². The Morgan fingerprint density at radius 1 is 1.32 bits per heavy atom. The van der Waals surface area contributed by atoms with E-state index in [1.165, 1.54) is 6.08 Å². The van der Waals surface area contributed by atoms with Crippen molar-refractivity contribution in [1.82, 2.24) is 0 Å². The summed E-state index contributed by atoms with van der Waals surface area (Å²) in [6.45, 7) is 0.362. The van der Waals surface area contributed by atoms with Crippen LogP contribution in [-0.4, -0.2) is 25.7 Å². The highest BCUT2D eigenvalue weighted by molar-refractivity contribution is 5.94. The van der Waals surface area contributed by atoms with E-state index in [-0.39, 0.29) is 5.92 Å². The van der Waals surface area contributed by atoms with Gasteiger partial charge in [0.2, 0.25) is 0 Å². The first kappa shape index (κ1) is 16.1. The van der Waals surface area contributed by atoms with Crippen LogP contribution in [-0.2, 0) is 0 Å². The fourth-order valence-corrected chi connectivity index (χ4v) is 2.11. The lowest BCUT2D eigenvalue weighted by atomic mass is 9.96. The van der Waals surface area contributed by atoms with E-state index in [1.54, 1.807) is 18.0 Å². The topological polar surface area (TPSA) is 41.6 Å². The maximum Gasteiger partial charge on any atom is 0.416 e. The molecule has 0 aliphatic heterocycles. The van der Waals surface area contributed by atoms with Crippen LogP contribution in [0.5, 0.6) is 0 Å². The van der Waals surface area contributed by atoms with Gasteiger partial charge in [-0.15, -0.1) is 0 Å². The molecule has 0 saturated heterocycles. The van der Waals surface area contributed by atoms with Gasteiger partial charge in [-0.2, -0.15) is 13.2 Å². The van der Waals surface area contributed by atoms with E-state index in [2.05, 4.69) is 4.99 Å². The SMILES string of the molecule is CN(C(N)=NCC1C=CC(C(F)(F)F)=CC1)c1ccccc1. The lowest BCUT2D eigenvalue weighted by Crippen LogP contribution is -2.34. The van der Waals surface area contributed by atoms with Crippen molar-refractivity contribution in [3.8, 4) is 0 Å². The van der Waals surface area contributed by atoms with Crippen LogP contribution >= 0.6 is 0 Å². The van der Waals surface area contributed by atoms with Crippen molar-refractivity contribution in [3.63, 3.8) is 0 Å². The zero-order valence-electron chi connectivity index (χ0n) is 12.2. The molecule has 22 heavy (non-hydrogen) atoms. The summed E-state index contributed by atoms with van der Waals surface area (Å²) in [5.74, 6) is 0.277. The van der Waals surface area contributed by atoms with Gasteiger partial charge in [-0.3, -0.25) is 4.99 Å². The number of allylic oxidation sites excluding steroid dienone is 3. The lowest BCUT2D eigenvalue weighted by Gasteiger charge is -2.20.